The van der Waals surface area contributed by atoms with E-state index in [1.54, 1.807) is 29.6 Å². The van der Waals surface area contributed by atoms with E-state index >= 15 is 0 Å². The lowest BCUT2D eigenvalue weighted by Crippen LogP contribution is -2.66. The van der Waals surface area contributed by atoms with Crippen LogP contribution < -0.4 is 5.32 Å². The minimum Gasteiger partial charge on any atom is -0.459 e. The molecule has 0 radical (unpaired) electrons. The summed E-state index contributed by atoms with van der Waals surface area (Å²) in [5.41, 5.74) is 2.23. The van der Waals surface area contributed by atoms with E-state index in [1.807, 2.05) is 38.8 Å². The minimum atomic E-state index is -0.861. The van der Waals surface area contributed by atoms with Gasteiger partial charge in [-0.25, -0.2) is 4.98 Å². The summed E-state index contributed by atoms with van der Waals surface area (Å²) in [6.45, 7) is 5.31. The fraction of sp³-hybridized carbons (Fsp3) is 0.457. The second-order valence-electron chi connectivity index (χ2n) is 12.8. The summed E-state index contributed by atoms with van der Waals surface area (Å²) in [6.07, 6.45) is 9.12. The van der Waals surface area contributed by atoms with Gasteiger partial charge in [-0.15, -0.1) is 0 Å². The van der Waals surface area contributed by atoms with Gasteiger partial charge in [0.05, 0.1) is 24.0 Å². The summed E-state index contributed by atoms with van der Waals surface area (Å²) in [4.78, 5) is 68.2. The molecule has 0 bridgehead atoms. The van der Waals surface area contributed by atoms with Crippen molar-refractivity contribution >= 4 is 34.5 Å². The van der Waals surface area contributed by atoms with Crippen LogP contribution >= 0.6 is 0 Å². The fourth-order valence-corrected chi connectivity index (χ4v) is 8.06. The largest absolute Gasteiger partial charge is 0.459 e. The summed E-state index contributed by atoms with van der Waals surface area (Å²) in [5.74, 6) is -1.35. The molecule has 0 spiro atoms. The van der Waals surface area contributed by atoms with Crippen LogP contribution in [0.4, 0.5) is 0 Å². The van der Waals surface area contributed by atoms with Crippen LogP contribution in [0.25, 0.3) is 10.9 Å². The lowest BCUT2D eigenvalue weighted by Gasteiger charge is -2.56. The number of fused-ring (bicyclic) bond motifs is 5. The molecule has 47 heavy (non-hydrogen) atoms. The molecule has 1 aromatic carbocycles. The lowest BCUT2D eigenvalue weighted by atomic mass is 9.65. The number of aromatic amines is 1. The molecule has 4 amide bonds. The molecule has 7 rings (SSSR count). The second kappa shape index (κ2) is 12.7. The van der Waals surface area contributed by atoms with Crippen LogP contribution in [0.5, 0.6) is 0 Å². The van der Waals surface area contributed by atoms with Gasteiger partial charge in [0.25, 0.3) is 5.91 Å². The molecule has 1 unspecified atom stereocenters. The summed E-state index contributed by atoms with van der Waals surface area (Å²) in [6, 6.07) is 11.5. The number of aryl methyl sites for hydroxylation is 1. The maximum absolute atomic E-state index is 14.7. The average molecular weight is 640 g/mol. The van der Waals surface area contributed by atoms with Gasteiger partial charge in [-0.2, -0.15) is 0 Å². The van der Waals surface area contributed by atoms with Gasteiger partial charge < -0.3 is 34.0 Å². The van der Waals surface area contributed by atoms with Crippen LogP contribution in [0, 0.1) is 11.8 Å². The highest BCUT2D eigenvalue weighted by Crippen LogP contribution is 2.52. The van der Waals surface area contributed by atoms with Crippen molar-refractivity contribution in [2.75, 3.05) is 39.3 Å². The molecule has 2 saturated heterocycles. The van der Waals surface area contributed by atoms with Gasteiger partial charge in [0.1, 0.15) is 0 Å². The zero-order valence-corrected chi connectivity index (χ0v) is 26.7. The molecule has 12 nitrogen and oxygen atoms in total. The zero-order valence-electron chi connectivity index (χ0n) is 26.7. The smallest absolute Gasteiger partial charge is 0.289 e. The van der Waals surface area contributed by atoms with Gasteiger partial charge in [0, 0.05) is 87.1 Å². The molecular weight excluding hydrogens is 598 g/mol. The van der Waals surface area contributed by atoms with E-state index in [0.717, 1.165) is 35.1 Å². The van der Waals surface area contributed by atoms with E-state index in [1.165, 1.54) is 6.26 Å². The molecule has 3 atom stereocenters. The fourth-order valence-electron chi connectivity index (χ4n) is 8.06. The van der Waals surface area contributed by atoms with Crippen molar-refractivity contribution in [1.82, 2.24) is 34.6 Å². The molecule has 3 aliphatic heterocycles. The summed E-state index contributed by atoms with van der Waals surface area (Å²) >= 11 is 0. The van der Waals surface area contributed by atoms with E-state index in [2.05, 4.69) is 28.3 Å². The van der Waals surface area contributed by atoms with Crippen molar-refractivity contribution in [3.8, 4) is 0 Å². The van der Waals surface area contributed by atoms with Crippen LogP contribution in [0.3, 0.4) is 0 Å². The number of furan rings is 1. The Bertz CT molecular complexity index is 1760. The monoisotopic (exact) mass is 639 g/mol. The SMILES string of the molecule is CC[C@]12c3[nH]c4ccccc4c3CCN1C(=O)C(CC(=O)NCCCn1ccnc1)C[C@@H]2C(=O)N1CCN(C(=O)c2ccco2)CC1. The number of imidazole rings is 1. The number of hydrogen-bond acceptors (Lipinski definition) is 6. The molecule has 4 aromatic rings. The van der Waals surface area contributed by atoms with Crippen LogP contribution in [-0.4, -0.2) is 92.1 Å². The normalized spacial score (nSPS) is 22.7. The van der Waals surface area contributed by atoms with Crippen LogP contribution in [0.15, 0.2) is 65.8 Å². The predicted octanol–water partition coefficient (Wildman–Crippen LogP) is 3.16. The number of aromatic nitrogens is 3. The Kier molecular flexibility index (Phi) is 8.33. The third-order valence-corrected chi connectivity index (χ3v) is 10.4. The van der Waals surface area contributed by atoms with E-state index in [0.29, 0.717) is 52.1 Å². The zero-order chi connectivity index (χ0) is 32.5. The first-order valence-corrected chi connectivity index (χ1v) is 16.7. The molecule has 0 saturated carbocycles. The number of amides is 4. The number of para-hydroxylation sites is 1. The van der Waals surface area contributed by atoms with Crippen LogP contribution in [-0.2, 0) is 32.9 Å². The standard InChI is InChI=1S/C35H41N7O5/c1-2-35-27(33(45)40-16-18-41(19-17-40)34(46)29-9-5-20-47-29)21-24(22-30(43)37-11-6-13-39-15-12-36-23-39)32(44)42(35)14-10-26-25-7-3-4-8-28(25)38-31(26)35/h3-5,7-9,12,15,20,23-24,27,38H,2,6,10-11,13-14,16-19,21-22H2,1H3,(H,37,43)/t24?,27-,35+/m1/s1. The van der Waals surface area contributed by atoms with Gasteiger partial charge in [-0.3, -0.25) is 19.2 Å². The first-order valence-electron chi connectivity index (χ1n) is 16.7. The third kappa shape index (κ3) is 5.49. The third-order valence-electron chi connectivity index (χ3n) is 10.4. The molecule has 3 aliphatic rings. The van der Waals surface area contributed by atoms with Crippen molar-refractivity contribution in [2.45, 2.75) is 51.1 Å². The minimum absolute atomic E-state index is 0.0355. The maximum Gasteiger partial charge on any atom is 0.289 e. The quantitative estimate of drug-likeness (QED) is 0.270. The summed E-state index contributed by atoms with van der Waals surface area (Å²) in [5, 5.41) is 4.11. The number of carbonyl (C=O) groups excluding carboxylic acids is 4. The van der Waals surface area contributed by atoms with E-state index < -0.39 is 17.4 Å². The Hall–Kier alpha value is -4.87. The van der Waals surface area contributed by atoms with E-state index in [9.17, 15) is 19.2 Å². The number of rotatable bonds is 9. The molecule has 2 N–H and O–H groups in total. The number of piperidine rings is 1. The second-order valence-corrected chi connectivity index (χ2v) is 12.8. The van der Waals surface area contributed by atoms with Gasteiger partial charge >= 0.3 is 0 Å². The Labute approximate surface area is 273 Å². The summed E-state index contributed by atoms with van der Waals surface area (Å²) < 4.78 is 7.27. The Morgan fingerprint density at radius 2 is 1.87 bits per heavy atom. The van der Waals surface area contributed by atoms with Gasteiger partial charge in [-0.05, 0) is 49.4 Å². The lowest BCUT2D eigenvalue weighted by molar-refractivity contribution is -0.167. The topological polar surface area (TPSA) is 137 Å². The first-order chi connectivity index (χ1) is 22.9. The number of nitrogens with one attached hydrogen (secondary N) is 2. The highest BCUT2D eigenvalue weighted by Gasteiger charge is 2.59. The molecule has 3 aromatic heterocycles. The Morgan fingerprint density at radius 3 is 2.62 bits per heavy atom. The van der Waals surface area contributed by atoms with Gasteiger partial charge in [-0.1, -0.05) is 25.1 Å². The number of hydrogen-bond donors (Lipinski definition) is 2. The van der Waals surface area contributed by atoms with Crippen LogP contribution in [0.1, 0.15) is 54.4 Å². The number of nitrogens with zero attached hydrogens (tertiary/aromatic N) is 5. The number of H-pyrrole nitrogens is 1. The van der Waals surface area contributed by atoms with E-state index in [4.69, 9.17) is 4.42 Å². The predicted molar refractivity (Wildman–Crippen MR) is 173 cm³/mol. The molecule has 246 valence electrons. The maximum atomic E-state index is 14.7. The Morgan fingerprint density at radius 1 is 1.06 bits per heavy atom. The Balaban J connectivity index is 1.14. The highest BCUT2D eigenvalue weighted by atomic mass is 16.3. The number of benzene rings is 1. The van der Waals surface area contributed by atoms with Crippen molar-refractivity contribution in [2.24, 2.45) is 11.8 Å². The first kappa shape index (κ1) is 30.8. The van der Waals surface area contributed by atoms with Crippen molar-refractivity contribution < 1.29 is 23.6 Å². The van der Waals surface area contributed by atoms with Gasteiger partial charge in [0.15, 0.2) is 5.76 Å². The number of piperazine rings is 1. The van der Waals surface area contributed by atoms with Crippen molar-refractivity contribution in [1.29, 1.82) is 0 Å². The number of carbonyl (C=O) groups is 4. The molecular formula is C35H41N7O5. The average Bonchev–Trinajstić information content (AvgIpc) is 3.89. The summed E-state index contributed by atoms with van der Waals surface area (Å²) in [7, 11) is 0. The molecule has 12 heteroatoms. The molecule has 6 heterocycles. The van der Waals surface area contributed by atoms with E-state index in [-0.39, 0.29) is 42.2 Å². The highest BCUT2D eigenvalue weighted by molar-refractivity contribution is 5.94. The molecule has 0 aliphatic carbocycles. The molecule has 2 fully saturated rings. The van der Waals surface area contributed by atoms with Crippen LogP contribution in [0.2, 0.25) is 0 Å². The van der Waals surface area contributed by atoms with Crippen molar-refractivity contribution in [3.63, 3.8) is 0 Å². The van der Waals surface area contributed by atoms with Gasteiger partial charge in [0.2, 0.25) is 17.7 Å². The van der Waals surface area contributed by atoms with Crippen molar-refractivity contribution in [3.05, 3.63) is 78.4 Å².